The molecular formula is C19H22N2O7S. The van der Waals surface area contributed by atoms with E-state index in [1.807, 2.05) is 0 Å². The minimum absolute atomic E-state index is 0.0103. The fourth-order valence-corrected chi connectivity index (χ4v) is 3.38. The van der Waals surface area contributed by atoms with Gasteiger partial charge < -0.3 is 24.7 Å². The second kappa shape index (κ2) is 10.4. The summed E-state index contributed by atoms with van der Waals surface area (Å²) in [4.78, 5) is 41.2. The van der Waals surface area contributed by atoms with E-state index < -0.39 is 17.9 Å². The molecule has 2 rings (SSSR count). The topological polar surface area (TPSA) is 127 Å². The van der Waals surface area contributed by atoms with Crippen LogP contribution in [0.25, 0.3) is 0 Å². The number of hydrogen-bond donors (Lipinski definition) is 1. The van der Waals surface area contributed by atoms with Crippen molar-refractivity contribution in [1.29, 1.82) is 0 Å². The number of thiophene rings is 1. The standard InChI is InChI=1S/C19H22N2O7S/c1-4-25-16-11(8-7-9-21-16)17(22)28-10-12-13(18(23)26-5-2)15(20)29-14(12)19(24)27-6-3/h7-9H,4-6,10,20H2,1-3H3. The van der Waals surface area contributed by atoms with E-state index in [-0.39, 0.29) is 52.3 Å². The molecule has 29 heavy (non-hydrogen) atoms. The molecule has 0 spiro atoms. The third-order valence-corrected chi connectivity index (χ3v) is 4.64. The van der Waals surface area contributed by atoms with Gasteiger partial charge in [0.2, 0.25) is 5.88 Å². The number of nitrogens with zero attached hydrogens (tertiary/aromatic N) is 1. The number of carbonyl (C=O) groups excluding carboxylic acids is 3. The monoisotopic (exact) mass is 422 g/mol. The summed E-state index contributed by atoms with van der Waals surface area (Å²) in [5.74, 6) is -1.97. The highest BCUT2D eigenvalue weighted by molar-refractivity contribution is 7.18. The summed E-state index contributed by atoms with van der Waals surface area (Å²) in [7, 11) is 0. The first-order chi connectivity index (χ1) is 13.9. The molecule has 0 aliphatic rings. The van der Waals surface area contributed by atoms with Gasteiger partial charge in [0.1, 0.15) is 27.6 Å². The molecule has 0 radical (unpaired) electrons. The lowest BCUT2D eigenvalue weighted by molar-refractivity contribution is 0.0433. The molecule has 0 amide bonds. The van der Waals surface area contributed by atoms with Gasteiger partial charge in [0.15, 0.2) is 0 Å². The number of anilines is 1. The van der Waals surface area contributed by atoms with Gasteiger partial charge in [-0.1, -0.05) is 0 Å². The van der Waals surface area contributed by atoms with Gasteiger partial charge in [-0.25, -0.2) is 19.4 Å². The highest BCUT2D eigenvalue weighted by Gasteiger charge is 2.29. The number of nitrogens with two attached hydrogens (primary N) is 1. The number of carbonyl (C=O) groups is 3. The van der Waals surface area contributed by atoms with Crippen LogP contribution in [0.5, 0.6) is 5.88 Å². The van der Waals surface area contributed by atoms with E-state index in [4.69, 9.17) is 24.7 Å². The van der Waals surface area contributed by atoms with Crippen LogP contribution in [0, 0.1) is 0 Å². The molecule has 0 aliphatic heterocycles. The first kappa shape index (κ1) is 22.2. The summed E-state index contributed by atoms with van der Waals surface area (Å²) in [6.07, 6.45) is 1.49. The molecule has 9 nitrogen and oxygen atoms in total. The Labute approximate surface area is 171 Å². The second-order valence-corrected chi connectivity index (χ2v) is 6.51. The molecule has 0 unspecified atom stereocenters. The largest absolute Gasteiger partial charge is 0.477 e. The van der Waals surface area contributed by atoms with E-state index >= 15 is 0 Å². The zero-order chi connectivity index (χ0) is 21.4. The maximum absolute atomic E-state index is 12.5. The Balaban J connectivity index is 2.34. The Morgan fingerprint density at radius 1 is 1.00 bits per heavy atom. The van der Waals surface area contributed by atoms with Crippen molar-refractivity contribution in [2.24, 2.45) is 0 Å². The van der Waals surface area contributed by atoms with Crippen molar-refractivity contribution in [3.8, 4) is 5.88 Å². The minimum atomic E-state index is -0.726. The predicted octanol–water partition coefficient (Wildman–Crippen LogP) is 2.83. The van der Waals surface area contributed by atoms with Gasteiger partial charge in [0.25, 0.3) is 0 Å². The third-order valence-electron chi connectivity index (χ3n) is 3.59. The molecule has 2 heterocycles. The van der Waals surface area contributed by atoms with Crippen molar-refractivity contribution < 1.29 is 33.3 Å². The van der Waals surface area contributed by atoms with Gasteiger partial charge in [-0.15, -0.1) is 11.3 Å². The molecule has 2 aromatic rings. The SMILES string of the molecule is CCOC(=O)c1sc(N)c(C(=O)OCC)c1COC(=O)c1cccnc1OCC. The average Bonchev–Trinajstić information content (AvgIpc) is 3.03. The summed E-state index contributed by atoms with van der Waals surface area (Å²) < 4.78 is 20.7. The number of pyridine rings is 1. The smallest absolute Gasteiger partial charge is 0.348 e. The zero-order valence-electron chi connectivity index (χ0n) is 16.4. The quantitative estimate of drug-likeness (QED) is 0.479. The zero-order valence-corrected chi connectivity index (χ0v) is 17.2. The van der Waals surface area contributed by atoms with E-state index in [9.17, 15) is 14.4 Å². The lowest BCUT2D eigenvalue weighted by Crippen LogP contribution is -2.14. The summed E-state index contributed by atoms with van der Waals surface area (Å²) in [6, 6.07) is 3.07. The van der Waals surface area contributed by atoms with Gasteiger partial charge in [-0.05, 0) is 32.9 Å². The number of aromatic nitrogens is 1. The average molecular weight is 422 g/mol. The molecule has 0 saturated heterocycles. The summed E-state index contributed by atoms with van der Waals surface area (Å²) >= 11 is 0.876. The Morgan fingerprint density at radius 2 is 1.69 bits per heavy atom. The van der Waals surface area contributed by atoms with Crippen LogP contribution in [0.4, 0.5) is 5.00 Å². The normalized spacial score (nSPS) is 10.3. The summed E-state index contributed by atoms with van der Waals surface area (Å²) in [5, 5.41) is 0.0777. The first-order valence-corrected chi connectivity index (χ1v) is 9.76. The molecule has 0 aliphatic carbocycles. The Hall–Kier alpha value is -3.14. The molecule has 0 bridgehead atoms. The number of esters is 3. The lowest BCUT2D eigenvalue weighted by atomic mass is 10.1. The summed E-state index contributed by atoms with van der Waals surface area (Å²) in [5.41, 5.74) is 6.17. The van der Waals surface area contributed by atoms with Gasteiger partial charge in [-0.3, -0.25) is 0 Å². The van der Waals surface area contributed by atoms with Crippen molar-refractivity contribution in [1.82, 2.24) is 4.98 Å². The van der Waals surface area contributed by atoms with E-state index in [0.29, 0.717) is 6.61 Å². The fourth-order valence-electron chi connectivity index (χ4n) is 2.42. The van der Waals surface area contributed by atoms with E-state index in [2.05, 4.69) is 4.98 Å². The molecule has 0 aromatic carbocycles. The van der Waals surface area contributed by atoms with Crippen molar-refractivity contribution in [3.63, 3.8) is 0 Å². The second-order valence-electron chi connectivity index (χ2n) is 5.46. The minimum Gasteiger partial charge on any atom is -0.477 e. The Bertz CT molecular complexity index is 895. The van der Waals surface area contributed by atoms with Gasteiger partial charge >= 0.3 is 17.9 Å². The van der Waals surface area contributed by atoms with Crippen molar-refractivity contribution >= 4 is 34.2 Å². The van der Waals surface area contributed by atoms with Gasteiger partial charge in [-0.2, -0.15) is 0 Å². The molecule has 10 heteroatoms. The van der Waals surface area contributed by atoms with Crippen LogP contribution in [0.1, 0.15) is 56.7 Å². The van der Waals surface area contributed by atoms with Gasteiger partial charge in [0.05, 0.1) is 19.8 Å². The maximum atomic E-state index is 12.5. The molecule has 2 N–H and O–H groups in total. The number of rotatable bonds is 9. The van der Waals surface area contributed by atoms with Crippen molar-refractivity contribution in [3.05, 3.63) is 39.9 Å². The van der Waals surface area contributed by atoms with E-state index in [1.54, 1.807) is 26.8 Å². The van der Waals surface area contributed by atoms with Crippen LogP contribution in [-0.4, -0.2) is 42.7 Å². The Kier molecular flexibility index (Phi) is 7.96. The van der Waals surface area contributed by atoms with Gasteiger partial charge in [0, 0.05) is 11.8 Å². The number of ether oxygens (including phenoxy) is 4. The molecule has 0 atom stereocenters. The van der Waals surface area contributed by atoms with Crippen LogP contribution in [0.15, 0.2) is 18.3 Å². The van der Waals surface area contributed by atoms with Crippen LogP contribution in [0.2, 0.25) is 0 Å². The molecule has 0 fully saturated rings. The molecule has 2 aromatic heterocycles. The van der Waals surface area contributed by atoms with Crippen LogP contribution in [0.3, 0.4) is 0 Å². The number of hydrogen-bond acceptors (Lipinski definition) is 10. The predicted molar refractivity (Wildman–Crippen MR) is 105 cm³/mol. The van der Waals surface area contributed by atoms with E-state index in [0.717, 1.165) is 11.3 Å². The van der Waals surface area contributed by atoms with Crippen LogP contribution >= 0.6 is 11.3 Å². The fraction of sp³-hybridized carbons (Fsp3) is 0.368. The Morgan fingerprint density at radius 3 is 2.34 bits per heavy atom. The summed E-state index contributed by atoms with van der Waals surface area (Å²) in [6.45, 7) is 5.25. The maximum Gasteiger partial charge on any atom is 0.348 e. The number of nitrogen functional groups attached to an aromatic ring is 1. The molecular weight excluding hydrogens is 400 g/mol. The van der Waals surface area contributed by atoms with Crippen LogP contribution in [-0.2, 0) is 20.8 Å². The highest BCUT2D eigenvalue weighted by Crippen LogP contribution is 2.33. The van der Waals surface area contributed by atoms with Crippen LogP contribution < -0.4 is 10.5 Å². The first-order valence-electron chi connectivity index (χ1n) is 8.94. The van der Waals surface area contributed by atoms with E-state index in [1.165, 1.54) is 12.3 Å². The van der Waals surface area contributed by atoms with Crippen molar-refractivity contribution in [2.75, 3.05) is 25.6 Å². The molecule has 0 saturated carbocycles. The van der Waals surface area contributed by atoms with Crippen molar-refractivity contribution in [2.45, 2.75) is 27.4 Å². The third kappa shape index (κ3) is 5.23. The lowest BCUT2D eigenvalue weighted by Gasteiger charge is -2.10. The molecule has 156 valence electrons. The highest BCUT2D eigenvalue weighted by atomic mass is 32.1.